The maximum Gasteiger partial charge on any atom is 0.253 e. The lowest BCUT2D eigenvalue weighted by Gasteiger charge is -2.35. The van der Waals surface area contributed by atoms with E-state index in [2.05, 4.69) is 28.7 Å². The molecule has 7 nitrogen and oxygen atoms in total. The summed E-state index contributed by atoms with van der Waals surface area (Å²) in [5.41, 5.74) is 2.65. The van der Waals surface area contributed by atoms with Gasteiger partial charge in [-0.3, -0.25) is 9.78 Å². The molecule has 32 heavy (non-hydrogen) atoms. The minimum Gasteiger partial charge on any atom is -0.489 e. The molecular weight excluding hydrogens is 402 g/mol. The summed E-state index contributed by atoms with van der Waals surface area (Å²) in [6.07, 6.45) is 3.52. The van der Waals surface area contributed by atoms with Crippen LogP contribution in [0.2, 0.25) is 0 Å². The topological polar surface area (TPSA) is 71.5 Å². The molecule has 0 aliphatic carbocycles. The summed E-state index contributed by atoms with van der Waals surface area (Å²) in [6.45, 7) is 9.49. The molecule has 2 aromatic heterocycles. The molecule has 1 amide bonds. The van der Waals surface area contributed by atoms with E-state index < -0.39 is 0 Å². The second kappa shape index (κ2) is 9.77. The van der Waals surface area contributed by atoms with Gasteiger partial charge in [0.05, 0.1) is 0 Å². The highest BCUT2D eigenvalue weighted by Gasteiger charge is 2.23. The molecule has 0 unspecified atom stereocenters. The van der Waals surface area contributed by atoms with E-state index in [0.717, 1.165) is 41.7 Å². The Morgan fingerprint density at radius 3 is 2.47 bits per heavy atom. The highest BCUT2D eigenvalue weighted by Crippen LogP contribution is 2.20. The summed E-state index contributed by atoms with van der Waals surface area (Å²) < 4.78 is 5.79. The maximum absolute atomic E-state index is 13.0. The number of carbonyl (C=O) groups is 1. The van der Waals surface area contributed by atoms with Crippen LogP contribution in [0.25, 0.3) is 0 Å². The lowest BCUT2D eigenvalue weighted by molar-refractivity contribution is 0.0746. The molecule has 4 rings (SSSR count). The molecule has 0 radical (unpaired) electrons. The van der Waals surface area contributed by atoms with Crippen LogP contribution in [0.5, 0.6) is 5.75 Å². The highest BCUT2D eigenvalue weighted by molar-refractivity contribution is 5.94. The van der Waals surface area contributed by atoms with Crippen molar-refractivity contribution in [2.75, 3.05) is 31.1 Å². The molecule has 3 heterocycles. The summed E-state index contributed by atoms with van der Waals surface area (Å²) in [5.74, 6) is 2.88. The van der Waals surface area contributed by atoms with Gasteiger partial charge in [0.25, 0.3) is 5.91 Å². The van der Waals surface area contributed by atoms with Crippen LogP contribution >= 0.6 is 0 Å². The number of amides is 1. The van der Waals surface area contributed by atoms with Gasteiger partial charge in [0.15, 0.2) is 0 Å². The van der Waals surface area contributed by atoms with E-state index in [9.17, 15) is 4.79 Å². The minimum absolute atomic E-state index is 0.0465. The molecule has 7 heteroatoms. The van der Waals surface area contributed by atoms with Gasteiger partial charge >= 0.3 is 0 Å². The monoisotopic (exact) mass is 431 g/mol. The van der Waals surface area contributed by atoms with E-state index in [-0.39, 0.29) is 11.8 Å². The van der Waals surface area contributed by atoms with Crippen LogP contribution in [0.4, 0.5) is 5.82 Å². The molecule has 0 N–H and O–H groups in total. The number of hydrogen-bond acceptors (Lipinski definition) is 6. The zero-order chi connectivity index (χ0) is 22.5. The molecule has 166 valence electrons. The predicted octanol–water partition coefficient (Wildman–Crippen LogP) is 3.84. The number of anilines is 1. The quantitative estimate of drug-likeness (QED) is 0.590. The smallest absolute Gasteiger partial charge is 0.253 e. The third-order valence-corrected chi connectivity index (χ3v) is 5.49. The van der Waals surface area contributed by atoms with Crippen molar-refractivity contribution in [1.29, 1.82) is 0 Å². The first-order valence-corrected chi connectivity index (χ1v) is 11.0. The Morgan fingerprint density at radius 2 is 1.81 bits per heavy atom. The van der Waals surface area contributed by atoms with Crippen molar-refractivity contribution >= 4 is 11.7 Å². The van der Waals surface area contributed by atoms with Gasteiger partial charge in [0.1, 0.15) is 24.0 Å². The van der Waals surface area contributed by atoms with Crippen LogP contribution in [-0.4, -0.2) is 51.9 Å². The number of carbonyl (C=O) groups excluding carboxylic acids is 1. The van der Waals surface area contributed by atoms with Crippen LogP contribution in [-0.2, 0) is 6.61 Å². The van der Waals surface area contributed by atoms with Gasteiger partial charge in [-0.2, -0.15) is 0 Å². The Labute approximate surface area is 189 Å². The number of aromatic nitrogens is 3. The van der Waals surface area contributed by atoms with E-state index in [0.29, 0.717) is 25.3 Å². The number of piperazine rings is 1. The van der Waals surface area contributed by atoms with Crippen molar-refractivity contribution < 1.29 is 9.53 Å². The first-order chi connectivity index (χ1) is 15.5. The van der Waals surface area contributed by atoms with Crippen molar-refractivity contribution in [1.82, 2.24) is 19.9 Å². The first kappa shape index (κ1) is 21.7. The largest absolute Gasteiger partial charge is 0.489 e. The molecule has 1 aromatic carbocycles. The molecule has 0 saturated carbocycles. The van der Waals surface area contributed by atoms with Crippen LogP contribution in [0.1, 0.15) is 47.2 Å². The van der Waals surface area contributed by atoms with Crippen molar-refractivity contribution in [2.45, 2.75) is 33.3 Å². The van der Waals surface area contributed by atoms with Crippen LogP contribution in [0.15, 0.2) is 54.9 Å². The maximum atomic E-state index is 13.0. The fourth-order valence-electron chi connectivity index (χ4n) is 3.66. The summed E-state index contributed by atoms with van der Waals surface area (Å²) >= 11 is 0. The summed E-state index contributed by atoms with van der Waals surface area (Å²) in [5, 5.41) is 0. The first-order valence-electron chi connectivity index (χ1n) is 11.0. The van der Waals surface area contributed by atoms with E-state index in [4.69, 9.17) is 9.72 Å². The number of benzene rings is 1. The zero-order valence-electron chi connectivity index (χ0n) is 18.9. The lowest BCUT2D eigenvalue weighted by atomic mass is 10.1. The SMILES string of the molecule is Cc1cc(N2CCN(C(=O)c3ccc(OCc4cccnc4)cc3)CC2)nc(C(C)C)n1. The fourth-order valence-corrected chi connectivity index (χ4v) is 3.66. The number of pyridine rings is 1. The van der Waals surface area contributed by atoms with Crippen LogP contribution in [0, 0.1) is 6.92 Å². The number of rotatable bonds is 6. The van der Waals surface area contributed by atoms with E-state index >= 15 is 0 Å². The molecular formula is C25H29N5O2. The average Bonchev–Trinajstić information content (AvgIpc) is 2.83. The van der Waals surface area contributed by atoms with E-state index in [1.165, 1.54) is 0 Å². The normalized spacial score (nSPS) is 14.0. The standard InChI is InChI=1S/C25H29N5O2/c1-18(2)24-27-19(3)15-23(28-24)29-11-13-30(14-12-29)25(31)21-6-8-22(9-7-21)32-17-20-5-4-10-26-16-20/h4-10,15-16,18H,11-14,17H2,1-3H3. The Kier molecular flexibility index (Phi) is 6.63. The van der Waals surface area contributed by atoms with E-state index in [1.807, 2.05) is 54.3 Å². The van der Waals surface area contributed by atoms with Gasteiger partial charge in [-0.25, -0.2) is 9.97 Å². The van der Waals surface area contributed by atoms with Gasteiger partial charge in [-0.1, -0.05) is 19.9 Å². The third-order valence-electron chi connectivity index (χ3n) is 5.49. The third kappa shape index (κ3) is 5.22. The molecule has 1 aliphatic rings. The van der Waals surface area contributed by atoms with E-state index in [1.54, 1.807) is 12.4 Å². The van der Waals surface area contributed by atoms with Gasteiger partial charge in [-0.15, -0.1) is 0 Å². The number of hydrogen-bond donors (Lipinski definition) is 0. The summed E-state index contributed by atoms with van der Waals surface area (Å²) in [4.78, 5) is 30.4. The Balaban J connectivity index is 1.33. The number of ether oxygens (including phenoxy) is 1. The molecule has 0 atom stereocenters. The van der Waals surface area contributed by atoms with Crippen LogP contribution in [0.3, 0.4) is 0 Å². The van der Waals surface area contributed by atoms with Gasteiger partial charge in [0.2, 0.25) is 0 Å². The molecule has 1 aliphatic heterocycles. The molecule has 0 bridgehead atoms. The van der Waals surface area contributed by atoms with Crippen molar-refractivity contribution in [2.24, 2.45) is 0 Å². The molecule has 3 aromatic rings. The second-order valence-electron chi connectivity index (χ2n) is 8.33. The lowest BCUT2D eigenvalue weighted by Crippen LogP contribution is -2.49. The summed E-state index contributed by atoms with van der Waals surface area (Å²) in [7, 11) is 0. The Bertz CT molecular complexity index is 1050. The summed E-state index contributed by atoms with van der Waals surface area (Å²) in [6, 6.07) is 13.2. The Hall–Kier alpha value is -3.48. The minimum atomic E-state index is 0.0465. The average molecular weight is 432 g/mol. The number of nitrogens with zero attached hydrogens (tertiary/aromatic N) is 5. The van der Waals surface area contributed by atoms with Crippen molar-refractivity contribution in [3.05, 3.63) is 77.5 Å². The fraction of sp³-hybridized carbons (Fsp3) is 0.360. The molecule has 0 spiro atoms. The van der Waals surface area contributed by atoms with Crippen molar-refractivity contribution in [3.63, 3.8) is 0 Å². The molecule has 1 fully saturated rings. The van der Waals surface area contributed by atoms with Gasteiger partial charge < -0.3 is 14.5 Å². The Morgan fingerprint density at radius 1 is 1.06 bits per heavy atom. The van der Waals surface area contributed by atoms with Gasteiger partial charge in [0, 0.05) is 67.4 Å². The molecule has 1 saturated heterocycles. The van der Waals surface area contributed by atoms with Gasteiger partial charge in [-0.05, 0) is 37.3 Å². The van der Waals surface area contributed by atoms with Crippen LogP contribution < -0.4 is 9.64 Å². The second-order valence-corrected chi connectivity index (χ2v) is 8.33. The highest BCUT2D eigenvalue weighted by atomic mass is 16.5. The zero-order valence-corrected chi connectivity index (χ0v) is 18.9. The predicted molar refractivity (Wildman–Crippen MR) is 124 cm³/mol. The number of aryl methyl sites for hydroxylation is 1. The van der Waals surface area contributed by atoms with Crippen molar-refractivity contribution in [3.8, 4) is 5.75 Å².